The fourth-order valence-corrected chi connectivity index (χ4v) is 3.06. The highest BCUT2D eigenvalue weighted by Gasteiger charge is 2.21. The molecule has 2 aromatic heterocycles. The van der Waals surface area contributed by atoms with Crippen LogP contribution in [0.5, 0.6) is 0 Å². The summed E-state index contributed by atoms with van der Waals surface area (Å²) in [6.07, 6.45) is 4.12. The van der Waals surface area contributed by atoms with Gasteiger partial charge in [0.1, 0.15) is 4.88 Å². The molecule has 0 saturated heterocycles. The molecule has 0 aliphatic heterocycles. The second-order valence-electron chi connectivity index (χ2n) is 5.93. The van der Waals surface area contributed by atoms with Gasteiger partial charge < -0.3 is 10.6 Å². The third kappa shape index (κ3) is 4.33. The smallest absolute Gasteiger partial charge is 0.265 e. The van der Waals surface area contributed by atoms with Crippen LogP contribution < -0.4 is 5.73 Å². The first-order valence-corrected chi connectivity index (χ1v) is 8.47. The van der Waals surface area contributed by atoms with Crippen molar-refractivity contribution in [2.24, 2.45) is 11.7 Å². The highest BCUT2D eigenvalue weighted by Crippen LogP contribution is 2.26. The van der Waals surface area contributed by atoms with Gasteiger partial charge in [0.15, 0.2) is 10.8 Å². The maximum atomic E-state index is 12.6. The molecule has 2 aromatic rings. The first kappa shape index (κ1) is 17.5. The first-order chi connectivity index (χ1) is 10.9. The highest BCUT2D eigenvalue weighted by atomic mass is 32.1. The van der Waals surface area contributed by atoms with Crippen molar-refractivity contribution in [1.29, 1.82) is 0 Å². The number of hydrogen-bond donors (Lipinski definition) is 1. The number of carbonyl (C=O) groups is 1. The zero-order chi connectivity index (χ0) is 17.0. The number of aromatic nitrogens is 3. The summed E-state index contributed by atoms with van der Waals surface area (Å²) >= 11 is 1.33. The van der Waals surface area contributed by atoms with Gasteiger partial charge in [-0.25, -0.2) is 15.0 Å². The molecule has 6 nitrogen and oxygen atoms in total. The molecular formula is C16H23N5OS. The molecule has 0 bridgehead atoms. The molecule has 2 N–H and O–H groups in total. The van der Waals surface area contributed by atoms with E-state index in [2.05, 4.69) is 28.8 Å². The molecule has 1 unspecified atom stereocenters. The van der Waals surface area contributed by atoms with Crippen molar-refractivity contribution in [2.75, 3.05) is 13.6 Å². The second kappa shape index (κ2) is 7.61. The maximum Gasteiger partial charge on any atom is 0.265 e. The molecule has 0 fully saturated rings. The molecule has 1 atom stereocenters. The molecule has 1 amide bonds. The molecule has 23 heavy (non-hydrogen) atoms. The minimum Gasteiger partial charge on any atom is -0.341 e. The van der Waals surface area contributed by atoms with E-state index >= 15 is 0 Å². The van der Waals surface area contributed by atoms with Gasteiger partial charge in [-0.2, -0.15) is 0 Å². The van der Waals surface area contributed by atoms with Crippen molar-refractivity contribution >= 4 is 17.2 Å². The van der Waals surface area contributed by atoms with E-state index in [1.807, 2.05) is 6.92 Å². The summed E-state index contributed by atoms with van der Waals surface area (Å²) in [6.45, 7) is 6.65. The highest BCUT2D eigenvalue weighted by molar-refractivity contribution is 7.17. The van der Waals surface area contributed by atoms with Gasteiger partial charge >= 0.3 is 0 Å². The molecule has 7 heteroatoms. The number of hydrogen-bond acceptors (Lipinski definition) is 6. The van der Waals surface area contributed by atoms with Crippen molar-refractivity contribution in [3.8, 4) is 10.8 Å². The molecular weight excluding hydrogens is 310 g/mol. The van der Waals surface area contributed by atoms with E-state index in [0.29, 0.717) is 33.9 Å². The third-order valence-electron chi connectivity index (χ3n) is 3.75. The van der Waals surface area contributed by atoms with Crippen LogP contribution in [-0.2, 0) is 0 Å². The van der Waals surface area contributed by atoms with E-state index in [4.69, 9.17) is 5.73 Å². The van der Waals surface area contributed by atoms with Crippen LogP contribution in [0.15, 0.2) is 18.5 Å². The van der Waals surface area contributed by atoms with Crippen LogP contribution in [0.4, 0.5) is 0 Å². The SMILES string of the molecule is Cc1nc(-c2ncccn2)sc1C(=O)N(C)CCC(N)C(C)C. The molecule has 0 radical (unpaired) electrons. The largest absolute Gasteiger partial charge is 0.341 e. The summed E-state index contributed by atoms with van der Waals surface area (Å²) in [5.74, 6) is 0.924. The Labute approximate surface area is 140 Å². The van der Waals surface area contributed by atoms with E-state index in [1.54, 1.807) is 30.4 Å². The molecule has 0 spiro atoms. The lowest BCUT2D eigenvalue weighted by Gasteiger charge is -2.21. The Bertz CT molecular complexity index is 656. The fourth-order valence-electron chi connectivity index (χ4n) is 2.05. The van der Waals surface area contributed by atoms with E-state index in [-0.39, 0.29) is 11.9 Å². The van der Waals surface area contributed by atoms with E-state index in [1.165, 1.54) is 11.3 Å². The second-order valence-corrected chi connectivity index (χ2v) is 6.93. The summed E-state index contributed by atoms with van der Waals surface area (Å²) in [5, 5.41) is 0.665. The van der Waals surface area contributed by atoms with Gasteiger partial charge in [-0.05, 0) is 25.3 Å². The number of nitrogens with two attached hydrogens (primary N) is 1. The Balaban J connectivity index is 2.09. The molecule has 0 aliphatic rings. The van der Waals surface area contributed by atoms with Crippen molar-refractivity contribution in [3.05, 3.63) is 29.0 Å². The van der Waals surface area contributed by atoms with Gasteiger partial charge in [0.25, 0.3) is 5.91 Å². The zero-order valence-electron chi connectivity index (χ0n) is 14.0. The predicted octanol–water partition coefficient (Wildman–Crippen LogP) is 2.35. The van der Waals surface area contributed by atoms with Crippen LogP contribution in [0.1, 0.15) is 35.6 Å². The molecule has 124 valence electrons. The van der Waals surface area contributed by atoms with Gasteiger partial charge in [0, 0.05) is 32.0 Å². The summed E-state index contributed by atoms with van der Waals surface area (Å²) in [4.78, 5) is 27.7. The quantitative estimate of drug-likeness (QED) is 0.877. The number of amides is 1. The van der Waals surface area contributed by atoms with Crippen LogP contribution in [0.25, 0.3) is 10.8 Å². The van der Waals surface area contributed by atoms with Crippen LogP contribution in [-0.4, -0.2) is 45.4 Å². The lowest BCUT2D eigenvalue weighted by molar-refractivity contribution is 0.0793. The van der Waals surface area contributed by atoms with Gasteiger partial charge in [-0.15, -0.1) is 11.3 Å². The minimum atomic E-state index is -0.0295. The van der Waals surface area contributed by atoms with Gasteiger partial charge in [0.2, 0.25) is 0 Å². The van der Waals surface area contributed by atoms with Crippen molar-refractivity contribution in [3.63, 3.8) is 0 Å². The predicted molar refractivity (Wildman–Crippen MR) is 92.3 cm³/mol. The summed E-state index contributed by atoms with van der Waals surface area (Å²) in [7, 11) is 1.80. The standard InChI is InChI=1S/C16H23N5OS/c1-10(2)12(17)6-9-21(4)16(22)13-11(3)20-15(23-13)14-18-7-5-8-19-14/h5,7-8,10,12H,6,9,17H2,1-4H3. The van der Waals surface area contributed by atoms with E-state index < -0.39 is 0 Å². The van der Waals surface area contributed by atoms with Gasteiger partial charge in [-0.1, -0.05) is 13.8 Å². The monoisotopic (exact) mass is 333 g/mol. The number of rotatable bonds is 6. The zero-order valence-corrected chi connectivity index (χ0v) is 14.8. The normalized spacial score (nSPS) is 12.4. The Morgan fingerprint density at radius 2 is 2.00 bits per heavy atom. The molecule has 0 saturated carbocycles. The van der Waals surface area contributed by atoms with Gasteiger partial charge in [0.05, 0.1) is 5.69 Å². The van der Waals surface area contributed by atoms with Crippen LogP contribution in [0, 0.1) is 12.8 Å². The van der Waals surface area contributed by atoms with Gasteiger partial charge in [-0.3, -0.25) is 4.79 Å². The molecule has 2 rings (SSSR count). The molecule has 0 aliphatic carbocycles. The fraction of sp³-hybridized carbons (Fsp3) is 0.500. The van der Waals surface area contributed by atoms with Crippen LogP contribution in [0.3, 0.4) is 0 Å². The maximum absolute atomic E-state index is 12.6. The molecule has 2 heterocycles. The van der Waals surface area contributed by atoms with E-state index in [0.717, 1.165) is 6.42 Å². The average Bonchev–Trinajstić information content (AvgIpc) is 2.94. The lowest BCUT2D eigenvalue weighted by Crippen LogP contribution is -2.34. The lowest BCUT2D eigenvalue weighted by atomic mass is 10.0. The number of carbonyl (C=O) groups excluding carboxylic acids is 1. The van der Waals surface area contributed by atoms with Crippen LogP contribution in [0.2, 0.25) is 0 Å². The molecule has 0 aromatic carbocycles. The topological polar surface area (TPSA) is 85.0 Å². The first-order valence-electron chi connectivity index (χ1n) is 7.66. The Hall–Kier alpha value is -1.86. The van der Waals surface area contributed by atoms with Crippen molar-refractivity contribution < 1.29 is 4.79 Å². The number of thiazole rings is 1. The summed E-state index contributed by atoms with van der Waals surface area (Å²) < 4.78 is 0. The third-order valence-corrected chi connectivity index (χ3v) is 4.89. The Kier molecular flexibility index (Phi) is 5.79. The van der Waals surface area contributed by atoms with Crippen molar-refractivity contribution in [2.45, 2.75) is 33.2 Å². The summed E-state index contributed by atoms with van der Waals surface area (Å²) in [5.41, 5.74) is 6.76. The Morgan fingerprint density at radius 3 is 2.61 bits per heavy atom. The number of aryl methyl sites for hydroxylation is 1. The summed E-state index contributed by atoms with van der Waals surface area (Å²) in [6, 6.07) is 1.85. The Morgan fingerprint density at radius 1 is 1.35 bits per heavy atom. The average molecular weight is 333 g/mol. The van der Waals surface area contributed by atoms with Crippen molar-refractivity contribution in [1.82, 2.24) is 19.9 Å². The van der Waals surface area contributed by atoms with E-state index in [9.17, 15) is 4.79 Å². The minimum absolute atomic E-state index is 0.0295. The number of nitrogens with zero attached hydrogens (tertiary/aromatic N) is 4. The van der Waals surface area contributed by atoms with Crippen LogP contribution >= 0.6 is 11.3 Å².